The molecule has 0 aliphatic heterocycles. The van der Waals surface area contributed by atoms with Crippen molar-refractivity contribution >= 4 is 5.97 Å². The van der Waals surface area contributed by atoms with E-state index >= 15 is 0 Å². The quantitative estimate of drug-likeness (QED) is 0.588. The molecular formula is C24H25N3O3. The first-order valence-corrected chi connectivity index (χ1v) is 10.4. The summed E-state index contributed by atoms with van der Waals surface area (Å²) < 4.78 is 5.24. The number of ether oxygens (including phenoxy) is 1. The zero-order chi connectivity index (χ0) is 20.8. The Morgan fingerprint density at radius 1 is 1.27 bits per heavy atom. The molecule has 2 aromatic heterocycles. The molecule has 4 N–H and O–H groups in total. The molecule has 30 heavy (non-hydrogen) atoms. The summed E-state index contributed by atoms with van der Waals surface area (Å²) in [5, 5.41) is 9.96. The molecule has 1 saturated carbocycles. The van der Waals surface area contributed by atoms with E-state index in [4.69, 9.17) is 10.5 Å². The number of hydrogen-bond donors (Lipinski definition) is 3. The highest BCUT2D eigenvalue weighted by atomic mass is 16.5. The third kappa shape index (κ3) is 2.99. The minimum absolute atomic E-state index is 0.262. The van der Waals surface area contributed by atoms with Gasteiger partial charge in [-0.1, -0.05) is 6.42 Å². The second-order valence-electron chi connectivity index (χ2n) is 8.24. The number of rotatable bonds is 5. The van der Waals surface area contributed by atoms with E-state index in [1.165, 1.54) is 6.42 Å². The van der Waals surface area contributed by atoms with Crippen molar-refractivity contribution in [3.05, 3.63) is 58.9 Å². The summed E-state index contributed by atoms with van der Waals surface area (Å²) in [5.74, 6) is 0.254. The summed E-state index contributed by atoms with van der Waals surface area (Å²) in [5.41, 5.74) is 13.3. The van der Waals surface area contributed by atoms with Crippen LogP contribution in [-0.2, 0) is 12.8 Å². The number of hydrogen-bond acceptors (Lipinski definition) is 4. The van der Waals surface area contributed by atoms with Crippen LogP contribution in [0.3, 0.4) is 0 Å². The number of aromatic nitrogens is 2. The van der Waals surface area contributed by atoms with Crippen LogP contribution in [0.1, 0.15) is 52.5 Å². The lowest BCUT2D eigenvalue weighted by molar-refractivity contribution is 0.0693. The smallest absolute Gasteiger partial charge is 0.337 e. The maximum absolute atomic E-state index is 12.1. The number of methoxy groups -OCH3 is 1. The second-order valence-corrected chi connectivity index (χ2v) is 8.24. The number of aromatic carboxylic acids is 1. The molecule has 3 aromatic rings. The van der Waals surface area contributed by atoms with Crippen LogP contribution in [0.2, 0.25) is 0 Å². The molecule has 1 aromatic carbocycles. The number of nitrogens with one attached hydrogen (secondary N) is 1. The molecule has 0 saturated heterocycles. The van der Waals surface area contributed by atoms with E-state index in [0.29, 0.717) is 23.6 Å². The predicted octanol–water partition coefficient (Wildman–Crippen LogP) is 4.35. The number of pyridine rings is 1. The van der Waals surface area contributed by atoms with Gasteiger partial charge in [0.25, 0.3) is 0 Å². The minimum atomic E-state index is -0.898. The molecule has 1 atom stereocenters. The van der Waals surface area contributed by atoms with Crippen LogP contribution in [0.5, 0.6) is 5.75 Å². The maximum atomic E-state index is 12.1. The molecular weight excluding hydrogens is 378 g/mol. The van der Waals surface area contributed by atoms with Crippen LogP contribution < -0.4 is 10.5 Å². The summed E-state index contributed by atoms with van der Waals surface area (Å²) in [6.45, 7) is 0. The average Bonchev–Trinajstić information content (AvgIpc) is 3.12. The number of aromatic amines is 1. The third-order valence-corrected chi connectivity index (χ3v) is 6.62. The molecule has 6 heteroatoms. The molecule has 1 fully saturated rings. The lowest BCUT2D eigenvalue weighted by Gasteiger charge is -2.31. The second kappa shape index (κ2) is 7.29. The number of benzene rings is 1. The molecule has 0 radical (unpaired) electrons. The van der Waals surface area contributed by atoms with Crippen molar-refractivity contribution in [2.45, 2.75) is 38.1 Å². The Balaban J connectivity index is 1.61. The van der Waals surface area contributed by atoms with E-state index in [2.05, 4.69) is 16.0 Å². The molecule has 1 unspecified atom stereocenters. The standard InChI is InChI=1S/C24H25N3O3/c1-30-16-8-5-13(6-9-16)19-11-18-15(12-26-19)7-10-17-20(24(28)29)23(27-22(17)18)21(25)14-3-2-4-14/h5-6,8-9,11-12,14,21,27H,2-4,7,10,25H2,1H3,(H,28,29). The van der Waals surface area contributed by atoms with Crippen molar-refractivity contribution in [2.75, 3.05) is 7.11 Å². The van der Waals surface area contributed by atoms with E-state index in [1.807, 2.05) is 30.5 Å². The van der Waals surface area contributed by atoms with Gasteiger partial charge in [0.15, 0.2) is 0 Å². The van der Waals surface area contributed by atoms with Gasteiger partial charge in [-0.05, 0) is 73.1 Å². The molecule has 2 aliphatic carbocycles. The van der Waals surface area contributed by atoms with Crippen LogP contribution in [0, 0.1) is 5.92 Å². The van der Waals surface area contributed by atoms with Crippen LogP contribution in [0.4, 0.5) is 0 Å². The number of H-pyrrole nitrogens is 1. The topological polar surface area (TPSA) is 101 Å². The average molecular weight is 403 g/mol. The Bertz CT molecular complexity index is 1110. The molecule has 154 valence electrons. The Labute approximate surface area is 175 Å². The predicted molar refractivity (Wildman–Crippen MR) is 115 cm³/mol. The molecule has 0 bridgehead atoms. The Morgan fingerprint density at radius 2 is 2.03 bits per heavy atom. The fraction of sp³-hybridized carbons (Fsp3) is 0.333. The van der Waals surface area contributed by atoms with Crippen molar-refractivity contribution < 1.29 is 14.6 Å². The zero-order valence-electron chi connectivity index (χ0n) is 16.9. The van der Waals surface area contributed by atoms with Crippen LogP contribution in [0.25, 0.3) is 22.5 Å². The van der Waals surface area contributed by atoms with Gasteiger partial charge in [0.2, 0.25) is 0 Å². The van der Waals surface area contributed by atoms with Crippen LogP contribution >= 0.6 is 0 Å². The van der Waals surface area contributed by atoms with Crippen molar-refractivity contribution in [2.24, 2.45) is 11.7 Å². The number of nitrogens with two attached hydrogens (primary N) is 1. The summed E-state index contributed by atoms with van der Waals surface area (Å²) in [7, 11) is 1.64. The number of nitrogens with zero attached hydrogens (tertiary/aromatic N) is 1. The van der Waals surface area contributed by atoms with Crippen molar-refractivity contribution in [1.29, 1.82) is 0 Å². The summed E-state index contributed by atoms with van der Waals surface area (Å²) in [4.78, 5) is 20.2. The molecule has 6 nitrogen and oxygen atoms in total. The van der Waals surface area contributed by atoms with E-state index in [9.17, 15) is 9.90 Å². The number of carboxylic acid groups (broad SMARTS) is 1. The van der Waals surface area contributed by atoms with Crippen molar-refractivity contribution in [3.8, 4) is 28.3 Å². The highest BCUT2D eigenvalue weighted by Gasteiger charge is 2.34. The lowest BCUT2D eigenvalue weighted by atomic mass is 9.78. The molecule has 2 heterocycles. The van der Waals surface area contributed by atoms with Gasteiger partial charge in [0, 0.05) is 29.1 Å². The Kier molecular flexibility index (Phi) is 4.59. The van der Waals surface area contributed by atoms with Crippen LogP contribution in [-0.4, -0.2) is 28.2 Å². The fourth-order valence-corrected chi connectivity index (χ4v) is 4.66. The van der Waals surface area contributed by atoms with Crippen molar-refractivity contribution in [3.63, 3.8) is 0 Å². The van der Waals surface area contributed by atoms with Gasteiger partial charge in [-0.2, -0.15) is 0 Å². The summed E-state index contributed by atoms with van der Waals surface area (Å²) in [6, 6.07) is 9.57. The molecule has 5 rings (SSSR count). The number of carboxylic acids is 1. The van der Waals surface area contributed by atoms with Gasteiger partial charge >= 0.3 is 5.97 Å². The van der Waals surface area contributed by atoms with Gasteiger partial charge < -0.3 is 20.6 Å². The van der Waals surface area contributed by atoms with E-state index in [-0.39, 0.29) is 6.04 Å². The Morgan fingerprint density at radius 3 is 2.67 bits per heavy atom. The molecule has 0 spiro atoms. The van der Waals surface area contributed by atoms with Gasteiger partial charge in [0.1, 0.15) is 5.75 Å². The lowest BCUT2D eigenvalue weighted by Crippen LogP contribution is -2.28. The van der Waals surface area contributed by atoms with Gasteiger partial charge in [-0.25, -0.2) is 4.79 Å². The molecule has 0 amide bonds. The number of carbonyl (C=O) groups is 1. The van der Waals surface area contributed by atoms with Crippen LogP contribution in [0.15, 0.2) is 36.5 Å². The summed E-state index contributed by atoms with van der Waals surface area (Å²) in [6.07, 6.45) is 6.65. The van der Waals surface area contributed by atoms with E-state index in [0.717, 1.165) is 58.7 Å². The highest BCUT2D eigenvalue weighted by molar-refractivity contribution is 5.95. The van der Waals surface area contributed by atoms with E-state index < -0.39 is 5.97 Å². The maximum Gasteiger partial charge on any atom is 0.337 e. The SMILES string of the molecule is COc1ccc(-c2cc3c(cn2)CCc2c-3[nH]c(C(N)C3CCC3)c2C(=O)O)cc1. The van der Waals surface area contributed by atoms with Gasteiger partial charge in [-0.15, -0.1) is 0 Å². The van der Waals surface area contributed by atoms with Gasteiger partial charge in [0.05, 0.1) is 24.1 Å². The first-order chi connectivity index (χ1) is 14.6. The first kappa shape index (κ1) is 18.9. The number of fused-ring (bicyclic) bond motifs is 3. The minimum Gasteiger partial charge on any atom is -0.497 e. The number of aryl methyl sites for hydroxylation is 1. The zero-order valence-corrected chi connectivity index (χ0v) is 16.9. The molecule has 2 aliphatic rings. The highest BCUT2D eigenvalue weighted by Crippen LogP contribution is 2.42. The normalized spacial score (nSPS) is 16.3. The fourth-order valence-electron chi connectivity index (χ4n) is 4.66. The van der Waals surface area contributed by atoms with Crippen molar-refractivity contribution in [1.82, 2.24) is 9.97 Å². The monoisotopic (exact) mass is 403 g/mol. The largest absolute Gasteiger partial charge is 0.497 e. The summed E-state index contributed by atoms with van der Waals surface area (Å²) >= 11 is 0. The first-order valence-electron chi connectivity index (χ1n) is 10.4. The van der Waals surface area contributed by atoms with Gasteiger partial charge in [-0.3, -0.25) is 4.98 Å². The van der Waals surface area contributed by atoms with E-state index in [1.54, 1.807) is 7.11 Å². The Hall–Kier alpha value is -3.12. The third-order valence-electron chi connectivity index (χ3n) is 6.62.